The van der Waals surface area contributed by atoms with Crippen molar-refractivity contribution in [2.45, 2.75) is 25.3 Å². The van der Waals surface area contributed by atoms with Crippen molar-refractivity contribution in [2.75, 3.05) is 31.6 Å². The van der Waals surface area contributed by atoms with Crippen LogP contribution in [0, 0.1) is 5.92 Å². The minimum atomic E-state index is 0.378. The highest BCUT2D eigenvalue weighted by molar-refractivity contribution is 6.32. The van der Waals surface area contributed by atoms with Gasteiger partial charge in [-0.1, -0.05) is 11.6 Å². The molecule has 104 valence electrons. The summed E-state index contributed by atoms with van der Waals surface area (Å²) in [4.78, 5) is 10.7. The summed E-state index contributed by atoms with van der Waals surface area (Å²) in [6.07, 6.45) is 5.31. The second-order valence-corrected chi connectivity index (χ2v) is 5.63. The van der Waals surface area contributed by atoms with Crippen molar-refractivity contribution < 1.29 is 4.74 Å². The highest BCUT2D eigenvalue weighted by Crippen LogP contribution is 2.31. The average molecular weight is 283 g/mol. The Morgan fingerprint density at radius 1 is 1.47 bits per heavy atom. The molecule has 0 saturated carbocycles. The van der Waals surface area contributed by atoms with Gasteiger partial charge in [0.05, 0.1) is 13.3 Å². The number of methoxy groups -OCH3 is 1. The molecule has 0 radical (unpaired) electrons. The molecule has 2 atom stereocenters. The Labute approximate surface area is 118 Å². The highest BCUT2D eigenvalue weighted by atomic mass is 35.5. The van der Waals surface area contributed by atoms with Crippen molar-refractivity contribution in [3.05, 3.63) is 11.2 Å². The lowest BCUT2D eigenvalue weighted by Gasteiger charge is -2.42. The van der Waals surface area contributed by atoms with E-state index in [-0.39, 0.29) is 0 Å². The maximum atomic E-state index is 6.22. The predicted octanol–water partition coefficient (Wildman–Crippen LogP) is 1.72. The third-order valence-electron chi connectivity index (χ3n) is 4.08. The van der Waals surface area contributed by atoms with E-state index in [2.05, 4.69) is 20.2 Å². The Morgan fingerprint density at radius 2 is 2.37 bits per heavy atom. The number of rotatable bonds is 2. The van der Waals surface area contributed by atoms with Gasteiger partial charge in [-0.3, -0.25) is 0 Å². The molecule has 1 aromatic heterocycles. The second-order valence-electron chi connectivity index (χ2n) is 5.23. The number of hydrogen-bond acceptors (Lipinski definition) is 5. The Hall–Kier alpha value is -1.07. The summed E-state index contributed by atoms with van der Waals surface area (Å²) in [7, 11) is 1.57. The van der Waals surface area contributed by atoms with Crippen molar-refractivity contribution in [2.24, 2.45) is 5.92 Å². The maximum Gasteiger partial charge on any atom is 0.318 e. The van der Waals surface area contributed by atoms with E-state index < -0.39 is 0 Å². The number of fused-ring (bicyclic) bond motifs is 1. The molecular formula is C13H19ClN4O. The van der Waals surface area contributed by atoms with Crippen LogP contribution >= 0.6 is 11.6 Å². The van der Waals surface area contributed by atoms with E-state index in [1.807, 2.05) is 0 Å². The fourth-order valence-corrected chi connectivity index (χ4v) is 3.31. The van der Waals surface area contributed by atoms with Gasteiger partial charge in [-0.05, 0) is 31.7 Å². The van der Waals surface area contributed by atoms with Crippen LogP contribution < -0.4 is 15.0 Å². The van der Waals surface area contributed by atoms with E-state index in [0.717, 1.165) is 31.9 Å². The van der Waals surface area contributed by atoms with Gasteiger partial charge in [0.15, 0.2) is 5.82 Å². The smallest absolute Gasteiger partial charge is 0.318 e. The molecule has 2 aliphatic heterocycles. The molecule has 2 fully saturated rings. The number of nitrogens with one attached hydrogen (secondary N) is 1. The van der Waals surface area contributed by atoms with Crippen LogP contribution in [0.2, 0.25) is 5.02 Å². The quantitative estimate of drug-likeness (QED) is 0.895. The Kier molecular flexibility index (Phi) is 3.75. The van der Waals surface area contributed by atoms with E-state index >= 15 is 0 Å². The van der Waals surface area contributed by atoms with Gasteiger partial charge in [0.25, 0.3) is 0 Å². The van der Waals surface area contributed by atoms with E-state index in [4.69, 9.17) is 16.3 Å². The first kappa shape index (κ1) is 12.9. The van der Waals surface area contributed by atoms with Crippen LogP contribution in [0.25, 0.3) is 0 Å². The molecule has 2 unspecified atom stereocenters. The van der Waals surface area contributed by atoms with Crippen molar-refractivity contribution >= 4 is 17.4 Å². The number of ether oxygens (including phenoxy) is 1. The first-order chi connectivity index (χ1) is 9.28. The van der Waals surface area contributed by atoms with Gasteiger partial charge >= 0.3 is 6.01 Å². The van der Waals surface area contributed by atoms with Crippen LogP contribution in [0.5, 0.6) is 6.01 Å². The predicted molar refractivity (Wildman–Crippen MR) is 74.9 cm³/mol. The zero-order valence-electron chi connectivity index (χ0n) is 11.1. The lowest BCUT2D eigenvalue weighted by Crippen LogP contribution is -2.52. The van der Waals surface area contributed by atoms with Crippen molar-refractivity contribution in [3.8, 4) is 6.01 Å². The lowest BCUT2D eigenvalue weighted by molar-refractivity contribution is 0.243. The first-order valence-electron chi connectivity index (χ1n) is 6.83. The number of aromatic nitrogens is 2. The van der Waals surface area contributed by atoms with E-state index in [1.165, 1.54) is 12.8 Å². The summed E-state index contributed by atoms with van der Waals surface area (Å²) in [6.45, 7) is 3.15. The molecule has 3 rings (SSSR count). The molecule has 0 amide bonds. The number of hydrogen-bond donors (Lipinski definition) is 1. The van der Waals surface area contributed by atoms with Crippen LogP contribution in [-0.4, -0.2) is 42.8 Å². The monoisotopic (exact) mass is 282 g/mol. The minimum Gasteiger partial charge on any atom is -0.467 e. The zero-order valence-corrected chi connectivity index (χ0v) is 11.9. The lowest BCUT2D eigenvalue weighted by atomic mass is 9.85. The van der Waals surface area contributed by atoms with Crippen molar-refractivity contribution in [1.82, 2.24) is 15.3 Å². The molecule has 0 aromatic carbocycles. The SMILES string of the molecule is COc1ncc(Cl)c(N2CCC3NCCCC3C2)n1. The Bertz CT molecular complexity index is 456. The molecule has 2 aliphatic rings. The van der Waals surface area contributed by atoms with Gasteiger partial charge in [0, 0.05) is 19.1 Å². The molecule has 1 aromatic rings. The minimum absolute atomic E-state index is 0.378. The van der Waals surface area contributed by atoms with Crippen LogP contribution in [0.3, 0.4) is 0 Å². The van der Waals surface area contributed by atoms with Crippen LogP contribution in [0.15, 0.2) is 6.20 Å². The third kappa shape index (κ3) is 2.62. The summed E-state index contributed by atoms with van der Waals surface area (Å²) in [5.74, 6) is 1.50. The topological polar surface area (TPSA) is 50.3 Å². The highest BCUT2D eigenvalue weighted by Gasteiger charge is 2.32. The summed E-state index contributed by atoms with van der Waals surface area (Å²) in [5.41, 5.74) is 0. The summed E-state index contributed by atoms with van der Waals surface area (Å²) < 4.78 is 5.09. The summed E-state index contributed by atoms with van der Waals surface area (Å²) in [6, 6.07) is 1.04. The van der Waals surface area contributed by atoms with Gasteiger partial charge < -0.3 is 15.0 Å². The molecule has 3 heterocycles. The normalized spacial score (nSPS) is 26.9. The fourth-order valence-electron chi connectivity index (χ4n) is 3.10. The van der Waals surface area contributed by atoms with E-state index in [9.17, 15) is 0 Å². The number of anilines is 1. The molecule has 2 saturated heterocycles. The Morgan fingerprint density at radius 3 is 3.21 bits per heavy atom. The molecule has 0 spiro atoms. The largest absolute Gasteiger partial charge is 0.467 e. The molecule has 0 bridgehead atoms. The van der Waals surface area contributed by atoms with Crippen molar-refractivity contribution in [3.63, 3.8) is 0 Å². The standard InChI is InChI=1S/C13H19ClN4O/c1-19-13-16-7-10(14)12(17-13)18-6-4-11-9(8-18)3-2-5-15-11/h7,9,11,15H,2-6,8H2,1H3. The molecular weight excluding hydrogens is 264 g/mol. The molecule has 0 aliphatic carbocycles. The van der Waals surface area contributed by atoms with Gasteiger partial charge in [0.2, 0.25) is 0 Å². The summed E-state index contributed by atoms with van der Waals surface area (Å²) >= 11 is 6.22. The Balaban J connectivity index is 1.79. The molecule has 6 heteroatoms. The zero-order chi connectivity index (χ0) is 13.2. The fraction of sp³-hybridized carbons (Fsp3) is 0.692. The van der Waals surface area contributed by atoms with Gasteiger partial charge in [-0.25, -0.2) is 4.98 Å². The van der Waals surface area contributed by atoms with Crippen LogP contribution in [0.4, 0.5) is 5.82 Å². The molecule has 19 heavy (non-hydrogen) atoms. The van der Waals surface area contributed by atoms with Crippen LogP contribution in [0.1, 0.15) is 19.3 Å². The number of nitrogens with zero attached hydrogens (tertiary/aromatic N) is 3. The number of halogens is 1. The number of piperidine rings is 2. The van der Waals surface area contributed by atoms with Gasteiger partial charge in [-0.15, -0.1) is 0 Å². The second kappa shape index (κ2) is 5.51. The van der Waals surface area contributed by atoms with E-state index in [0.29, 0.717) is 23.0 Å². The average Bonchev–Trinajstić information content (AvgIpc) is 2.47. The van der Waals surface area contributed by atoms with Crippen LogP contribution in [-0.2, 0) is 0 Å². The van der Waals surface area contributed by atoms with Gasteiger partial charge in [-0.2, -0.15) is 4.98 Å². The first-order valence-corrected chi connectivity index (χ1v) is 7.20. The summed E-state index contributed by atoms with van der Waals surface area (Å²) in [5, 5.41) is 4.21. The molecule has 1 N–H and O–H groups in total. The molecule has 5 nitrogen and oxygen atoms in total. The maximum absolute atomic E-state index is 6.22. The third-order valence-corrected chi connectivity index (χ3v) is 4.34. The van der Waals surface area contributed by atoms with E-state index in [1.54, 1.807) is 13.3 Å². The van der Waals surface area contributed by atoms with Gasteiger partial charge in [0.1, 0.15) is 5.02 Å². The van der Waals surface area contributed by atoms with Crippen molar-refractivity contribution in [1.29, 1.82) is 0 Å².